The molecule has 0 saturated carbocycles. The Morgan fingerprint density at radius 1 is 1.00 bits per heavy atom. The maximum Gasteiger partial charge on any atom is 0.221 e. The van der Waals surface area contributed by atoms with E-state index in [0.29, 0.717) is 12.5 Å². The molecule has 0 aliphatic rings. The molecule has 1 N–H and O–H groups in total. The lowest BCUT2D eigenvalue weighted by Crippen LogP contribution is -1.96. The molecular weight excluding hydrogens is 276 g/mol. The Morgan fingerprint density at radius 3 is 2.50 bits per heavy atom. The molecule has 3 rings (SSSR count). The number of anilines is 2. The van der Waals surface area contributed by atoms with E-state index in [1.54, 1.807) is 13.3 Å². The number of aromatic nitrogens is 1. The van der Waals surface area contributed by atoms with Gasteiger partial charge in [-0.25, -0.2) is 4.98 Å². The number of hydrogen-bond acceptors (Lipinski definition) is 4. The predicted molar refractivity (Wildman–Crippen MR) is 89.2 cm³/mol. The molecule has 4 nitrogen and oxygen atoms in total. The molecule has 0 radical (unpaired) electrons. The standard InChI is InChI=1S/C18H18N2O2/c1-3-22-18-17-12-15(5-4-13(17)10-11-19-18)20-14-6-8-16(21-2)9-7-14/h4-12,20H,3H2,1-2H3. The molecule has 22 heavy (non-hydrogen) atoms. The highest BCUT2D eigenvalue weighted by Crippen LogP contribution is 2.28. The normalized spacial score (nSPS) is 10.5. The Kier molecular flexibility index (Phi) is 4.10. The highest BCUT2D eigenvalue weighted by molar-refractivity contribution is 5.90. The van der Waals surface area contributed by atoms with E-state index >= 15 is 0 Å². The van der Waals surface area contributed by atoms with Crippen molar-refractivity contribution < 1.29 is 9.47 Å². The minimum absolute atomic E-state index is 0.599. The van der Waals surface area contributed by atoms with Gasteiger partial charge >= 0.3 is 0 Å². The fraction of sp³-hybridized carbons (Fsp3) is 0.167. The van der Waals surface area contributed by atoms with E-state index in [-0.39, 0.29) is 0 Å². The minimum atomic E-state index is 0.599. The van der Waals surface area contributed by atoms with Crippen LogP contribution in [-0.2, 0) is 0 Å². The summed E-state index contributed by atoms with van der Waals surface area (Å²) in [6.07, 6.45) is 1.77. The van der Waals surface area contributed by atoms with E-state index < -0.39 is 0 Å². The van der Waals surface area contributed by atoms with Crippen LogP contribution >= 0.6 is 0 Å². The van der Waals surface area contributed by atoms with Crippen molar-refractivity contribution in [1.29, 1.82) is 0 Å². The van der Waals surface area contributed by atoms with Gasteiger partial charge in [0.1, 0.15) is 5.75 Å². The van der Waals surface area contributed by atoms with Crippen LogP contribution in [0.2, 0.25) is 0 Å². The molecule has 0 unspecified atom stereocenters. The lowest BCUT2D eigenvalue weighted by atomic mass is 10.1. The Bertz CT molecular complexity index is 770. The van der Waals surface area contributed by atoms with E-state index in [1.165, 1.54) is 0 Å². The molecule has 0 amide bonds. The third-order valence-corrected chi connectivity index (χ3v) is 3.39. The van der Waals surface area contributed by atoms with Crippen LogP contribution in [-0.4, -0.2) is 18.7 Å². The van der Waals surface area contributed by atoms with Gasteiger partial charge in [0.2, 0.25) is 5.88 Å². The second kappa shape index (κ2) is 6.35. The van der Waals surface area contributed by atoms with Crippen molar-refractivity contribution in [3.8, 4) is 11.6 Å². The summed E-state index contributed by atoms with van der Waals surface area (Å²) in [7, 11) is 1.66. The van der Waals surface area contributed by atoms with Crippen molar-refractivity contribution in [3.05, 3.63) is 54.7 Å². The zero-order valence-corrected chi connectivity index (χ0v) is 12.7. The fourth-order valence-electron chi connectivity index (χ4n) is 2.31. The van der Waals surface area contributed by atoms with E-state index in [1.807, 2.05) is 43.3 Å². The predicted octanol–water partition coefficient (Wildman–Crippen LogP) is 4.39. The third-order valence-electron chi connectivity index (χ3n) is 3.39. The number of benzene rings is 2. The maximum absolute atomic E-state index is 5.60. The van der Waals surface area contributed by atoms with Crippen molar-refractivity contribution in [2.45, 2.75) is 6.92 Å². The van der Waals surface area contributed by atoms with Crippen LogP contribution in [0.4, 0.5) is 11.4 Å². The van der Waals surface area contributed by atoms with Gasteiger partial charge in [0, 0.05) is 23.0 Å². The molecule has 1 heterocycles. The van der Waals surface area contributed by atoms with Crippen LogP contribution in [0.1, 0.15) is 6.92 Å². The summed E-state index contributed by atoms with van der Waals surface area (Å²) >= 11 is 0. The monoisotopic (exact) mass is 294 g/mol. The molecule has 2 aromatic carbocycles. The lowest BCUT2D eigenvalue weighted by molar-refractivity contribution is 0.331. The molecule has 0 fully saturated rings. The van der Waals surface area contributed by atoms with Crippen LogP contribution in [0.15, 0.2) is 54.7 Å². The molecule has 112 valence electrons. The van der Waals surface area contributed by atoms with Crippen LogP contribution in [0.5, 0.6) is 11.6 Å². The molecule has 3 aromatic rings. The Labute approximate surface area is 129 Å². The largest absolute Gasteiger partial charge is 0.497 e. The highest BCUT2D eigenvalue weighted by Gasteiger charge is 2.05. The Morgan fingerprint density at radius 2 is 1.77 bits per heavy atom. The number of nitrogens with zero attached hydrogens (tertiary/aromatic N) is 1. The molecule has 0 atom stereocenters. The first-order valence-electron chi connectivity index (χ1n) is 7.23. The summed E-state index contributed by atoms with van der Waals surface area (Å²) in [4.78, 5) is 4.30. The highest BCUT2D eigenvalue weighted by atomic mass is 16.5. The van der Waals surface area contributed by atoms with Crippen molar-refractivity contribution in [2.24, 2.45) is 0 Å². The van der Waals surface area contributed by atoms with Gasteiger partial charge in [-0.05, 0) is 54.8 Å². The van der Waals surface area contributed by atoms with Gasteiger partial charge in [0.25, 0.3) is 0 Å². The number of rotatable bonds is 5. The molecule has 0 aliphatic carbocycles. The third kappa shape index (κ3) is 2.96. The van der Waals surface area contributed by atoms with Crippen LogP contribution in [0.25, 0.3) is 10.8 Å². The van der Waals surface area contributed by atoms with E-state index in [4.69, 9.17) is 9.47 Å². The average molecular weight is 294 g/mol. The molecule has 0 saturated heterocycles. The summed E-state index contributed by atoms with van der Waals surface area (Å²) in [5, 5.41) is 5.49. The topological polar surface area (TPSA) is 43.4 Å². The second-order valence-corrected chi connectivity index (χ2v) is 4.84. The summed E-state index contributed by atoms with van der Waals surface area (Å²) in [6.45, 7) is 2.56. The first-order chi connectivity index (χ1) is 10.8. The summed E-state index contributed by atoms with van der Waals surface area (Å²) < 4.78 is 10.8. The minimum Gasteiger partial charge on any atom is -0.497 e. The smallest absolute Gasteiger partial charge is 0.221 e. The summed E-state index contributed by atoms with van der Waals surface area (Å²) in [6, 6.07) is 16.0. The van der Waals surface area contributed by atoms with E-state index in [0.717, 1.165) is 27.9 Å². The molecule has 1 aromatic heterocycles. The van der Waals surface area contributed by atoms with Crippen LogP contribution in [0.3, 0.4) is 0 Å². The maximum atomic E-state index is 5.60. The molecule has 0 aliphatic heterocycles. The molecule has 0 spiro atoms. The van der Waals surface area contributed by atoms with Gasteiger partial charge in [-0.3, -0.25) is 0 Å². The van der Waals surface area contributed by atoms with Gasteiger partial charge in [-0.1, -0.05) is 6.07 Å². The second-order valence-electron chi connectivity index (χ2n) is 4.84. The number of hydrogen-bond donors (Lipinski definition) is 1. The van der Waals surface area contributed by atoms with Gasteiger partial charge in [0.05, 0.1) is 13.7 Å². The number of fused-ring (bicyclic) bond motifs is 1. The fourth-order valence-corrected chi connectivity index (χ4v) is 2.31. The molecule has 4 heteroatoms. The van der Waals surface area contributed by atoms with Crippen molar-refractivity contribution in [2.75, 3.05) is 19.0 Å². The van der Waals surface area contributed by atoms with Crippen molar-refractivity contribution >= 4 is 22.1 Å². The SMILES string of the molecule is CCOc1nccc2ccc(Nc3ccc(OC)cc3)cc12. The lowest BCUT2D eigenvalue weighted by Gasteiger charge is -2.10. The van der Waals surface area contributed by atoms with Crippen LogP contribution < -0.4 is 14.8 Å². The van der Waals surface area contributed by atoms with Crippen molar-refractivity contribution in [3.63, 3.8) is 0 Å². The average Bonchev–Trinajstić information content (AvgIpc) is 2.56. The summed E-state index contributed by atoms with van der Waals surface area (Å²) in [5.41, 5.74) is 1.99. The van der Waals surface area contributed by atoms with E-state index in [9.17, 15) is 0 Å². The number of ether oxygens (including phenoxy) is 2. The quantitative estimate of drug-likeness (QED) is 0.758. The number of methoxy groups -OCH3 is 1. The number of pyridine rings is 1. The van der Waals surface area contributed by atoms with Gasteiger partial charge in [-0.15, -0.1) is 0 Å². The Hall–Kier alpha value is -2.75. The van der Waals surface area contributed by atoms with Gasteiger partial charge < -0.3 is 14.8 Å². The summed E-state index contributed by atoms with van der Waals surface area (Å²) in [5.74, 6) is 1.50. The van der Waals surface area contributed by atoms with Gasteiger partial charge in [-0.2, -0.15) is 0 Å². The van der Waals surface area contributed by atoms with Gasteiger partial charge in [0.15, 0.2) is 0 Å². The Balaban J connectivity index is 1.91. The number of nitrogens with one attached hydrogen (secondary N) is 1. The van der Waals surface area contributed by atoms with E-state index in [2.05, 4.69) is 22.4 Å². The van der Waals surface area contributed by atoms with Crippen LogP contribution in [0, 0.1) is 0 Å². The first-order valence-corrected chi connectivity index (χ1v) is 7.23. The zero-order valence-electron chi connectivity index (χ0n) is 12.7. The van der Waals surface area contributed by atoms with Crippen molar-refractivity contribution in [1.82, 2.24) is 4.98 Å². The first kappa shape index (κ1) is 14.2. The molecule has 0 bridgehead atoms. The zero-order chi connectivity index (χ0) is 15.4. The molecular formula is C18H18N2O2.